The summed E-state index contributed by atoms with van der Waals surface area (Å²) in [4.78, 5) is 8.29. The number of thiophene rings is 1. The van der Waals surface area contributed by atoms with Crippen molar-refractivity contribution in [3.63, 3.8) is 0 Å². The molecule has 1 saturated heterocycles. The second-order valence-corrected chi connectivity index (χ2v) is 7.05. The van der Waals surface area contributed by atoms with Crippen LogP contribution in [0.1, 0.15) is 30.2 Å². The lowest BCUT2D eigenvalue weighted by Gasteiger charge is -2.39. The molecule has 1 fully saturated rings. The summed E-state index contributed by atoms with van der Waals surface area (Å²) < 4.78 is 5.07. The molecule has 1 aromatic heterocycles. The van der Waals surface area contributed by atoms with Gasteiger partial charge in [-0.1, -0.05) is 6.07 Å². The van der Waals surface area contributed by atoms with E-state index in [1.807, 2.05) is 18.4 Å². The Morgan fingerprint density at radius 1 is 1.46 bits per heavy atom. The van der Waals surface area contributed by atoms with Gasteiger partial charge in [-0.15, -0.1) is 35.3 Å². The highest BCUT2D eigenvalue weighted by molar-refractivity contribution is 14.0. The van der Waals surface area contributed by atoms with E-state index < -0.39 is 0 Å². The molecule has 1 aliphatic rings. The van der Waals surface area contributed by atoms with Gasteiger partial charge in [0.05, 0.1) is 0 Å². The van der Waals surface area contributed by atoms with Gasteiger partial charge in [-0.3, -0.25) is 9.89 Å². The molecule has 2 heterocycles. The van der Waals surface area contributed by atoms with Crippen molar-refractivity contribution in [2.75, 3.05) is 47.4 Å². The first kappa shape index (κ1) is 21.7. The summed E-state index contributed by atoms with van der Waals surface area (Å²) in [6.45, 7) is 3.80. The summed E-state index contributed by atoms with van der Waals surface area (Å²) in [7, 11) is 5.81. The standard InChI is InChI=1S/C17H30N4OS.HI/c1-18-17(19-9-6-11-22-3)20-13-14-7-4-10-21(2)16(14)15-8-5-12-23-15;/h5,8,12,14,16H,4,6-7,9-11,13H2,1-3H3,(H2,18,19,20);1H. The van der Waals surface area contributed by atoms with Crippen LogP contribution in [0, 0.1) is 5.92 Å². The summed E-state index contributed by atoms with van der Waals surface area (Å²) in [5, 5.41) is 9.04. The van der Waals surface area contributed by atoms with Gasteiger partial charge in [0.2, 0.25) is 0 Å². The second-order valence-electron chi connectivity index (χ2n) is 6.07. The number of halogens is 1. The van der Waals surface area contributed by atoms with E-state index in [0.717, 1.165) is 32.1 Å². The molecule has 5 nitrogen and oxygen atoms in total. The number of hydrogen-bond donors (Lipinski definition) is 2. The number of guanidine groups is 1. The van der Waals surface area contributed by atoms with Crippen LogP contribution >= 0.6 is 35.3 Å². The molecule has 0 amide bonds. The van der Waals surface area contributed by atoms with Crippen LogP contribution in [0.5, 0.6) is 0 Å². The van der Waals surface area contributed by atoms with Crippen LogP contribution in [0.2, 0.25) is 0 Å². The highest BCUT2D eigenvalue weighted by atomic mass is 127. The highest BCUT2D eigenvalue weighted by Gasteiger charge is 2.31. The van der Waals surface area contributed by atoms with Crippen molar-refractivity contribution in [2.45, 2.75) is 25.3 Å². The maximum absolute atomic E-state index is 5.07. The van der Waals surface area contributed by atoms with Crippen molar-refractivity contribution >= 4 is 41.3 Å². The number of aliphatic imine (C=N–C) groups is 1. The smallest absolute Gasteiger partial charge is 0.190 e. The minimum atomic E-state index is 0. The van der Waals surface area contributed by atoms with Crippen molar-refractivity contribution in [3.05, 3.63) is 22.4 Å². The maximum atomic E-state index is 5.07. The molecule has 24 heavy (non-hydrogen) atoms. The fourth-order valence-electron chi connectivity index (χ4n) is 3.25. The van der Waals surface area contributed by atoms with Crippen molar-refractivity contribution in [1.82, 2.24) is 15.5 Å². The Morgan fingerprint density at radius 3 is 2.96 bits per heavy atom. The van der Waals surface area contributed by atoms with Gasteiger partial charge in [0.25, 0.3) is 0 Å². The number of likely N-dealkylation sites (tertiary alicyclic amines) is 1. The van der Waals surface area contributed by atoms with Crippen LogP contribution < -0.4 is 10.6 Å². The van der Waals surface area contributed by atoms with Crippen molar-refractivity contribution in [1.29, 1.82) is 0 Å². The molecule has 0 bridgehead atoms. The number of hydrogen-bond acceptors (Lipinski definition) is 4. The van der Waals surface area contributed by atoms with E-state index >= 15 is 0 Å². The van der Waals surface area contributed by atoms with Gasteiger partial charge in [-0.05, 0) is 50.2 Å². The lowest BCUT2D eigenvalue weighted by atomic mass is 9.88. The molecule has 1 aromatic rings. The Kier molecular flexibility index (Phi) is 10.9. The molecule has 2 atom stereocenters. The van der Waals surface area contributed by atoms with Crippen molar-refractivity contribution in [3.8, 4) is 0 Å². The first-order chi connectivity index (χ1) is 11.3. The molecule has 2 N–H and O–H groups in total. The topological polar surface area (TPSA) is 48.9 Å². The Bertz CT molecular complexity index is 469. The molecular weight excluding hydrogens is 435 g/mol. The zero-order valence-electron chi connectivity index (χ0n) is 15.0. The molecule has 7 heteroatoms. The van der Waals surface area contributed by atoms with E-state index in [-0.39, 0.29) is 24.0 Å². The van der Waals surface area contributed by atoms with E-state index in [0.29, 0.717) is 12.0 Å². The number of rotatable bonds is 7. The van der Waals surface area contributed by atoms with Crippen LogP contribution in [-0.4, -0.2) is 58.3 Å². The van der Waals surface area contributed by atoms with Gasteiger partial charge < -0.3 is 15.4 Å². The highest BCUT2D eigenvalue weighted by Crippen LogP contribution is 2.36. The fourth-order valence-corrected chi connectivity index (χ4v) is 4.24. The number of ether oxygens (including phenoxy) is 1. The summed E-state index contributed by atoms with van der Waals surface area (Å²) in [6.07, 6.45) is 3.52. The molecule has 0 radical (unpaired) electrons. The van der Waals surface area contributed by atoms with Gasteiger partial charge in [0, 0.05) is 44.8 Å². The van der Waals surface area contributed by atoms with Gasteiger partial charge in [-0.2, -0.15) is 0 Å². The Labute approximate surface area is 167 Å². The van der Waals surface area contributed by atoms with Gasteiger partial charge in [0.15, 0.2) is 5.96 Å². The van der Waals surface area contributed by atoms with Gasteiger partial charge in [-0.25, -0.2) is 0 Å². The zero-order chi connectivity index (χ0) is 16.5. The predicted octanol–water partition coefficient (Wildman–Crippen LogP) is 2.95. The average molecular weight is 466 g/mol. The van der Waals surface area contributed by atoms with Gasteiger partial charge in [0.1, 0.15) is 0 Å². The lowest BCUT2D eigenvalue weighted by molar-refractivity contribution is 0.125. The number of nitrogens with one attached hydrogen (secondary N) is 2. The fraction of sp³-hybridized carbons (Fsp3) is 0.706. The van der Waals surface area contributed by atoms with E-state index in [2.05, 4.69) is 45.1 Å². The van der Waals surface area contributed by atoms with Crippen molar-refractivity contribution in [2.24, 2.45) is 10.9 Å². The Morgan fingerprint density at radius 2 is 2.29 bits per heavy atom. The molecular formula is C17H31IN4OS. The molecule has 138 valence electrons. The molecule has 0 aliphatic carbocycles. The van der Waals surface area contributed by atoms with Gasteiger partial charge >= 0.3 is 0 Å². The van der Waals surface area contributed by atoms with Crippen LogP contribution in [-0.2, 0) is 4.74 Å². The first-order valence-electron chi connectivity index (χ1n) is 8.43. The zero-order valence-corrected chi connectivity index (χ0v) is 18.1. The van der Waals surface area contributed by atoms with Crippen LogP contribution in [0.15, 0.2) is 22.5 Å². The minimum absolute atomic E-state index is 0. The Hall–Kier alpha value is -0.380. The molecule has 0 aromatic carbocycles. The van der Waals surface area contributed by atoms with Crippen LogP contribution in [0.4, 0.5) is 0 Å². The second kappa shape index (κ2) is 12.1. The molecule has 2 rings (SSSR count). The van der Waals surface area contributed by atoms with E-state index in [4.69, 9.17) is 4.74 Å². The van der Waals surface area contributed by atoms with E-state index in [1.165, 1.54) is 24.3 Å². The quantitative estimate of drug-likeness (QED) is 0.281. The summed E-state index contributed by atoms with van der Waals surface area (Å²) in [6, 6.07) is 4.94. The van der Waals surface area contributed by atoms with E-state index in [9.17, 15) is 0 Å². The van der Waals surface area contributed by atoms with Crippen LogP contribution in [0.25, 0.3) is 0 Å². The SMILES string of the molecule is CN=C(NCCCOC)NCC1CCCN(C)C1c1cccs1.I. The molecule has 0 saturated carbocycles. The van der Waals surface area contributed by atoms with Crippen molar-refractivity contribution < 1.29 is 4.74 Å². The molecule has 1 aliphatic heterocycles. The Balaban J connectivity index is 0.00000288. The summed E-state index contributed by atoms with van der Waals surface area (Å²) in [5.41, 5.74) is 0. The molecule has 2 unspecified atom stereocenters. The number of methoxy groups -OCH3 is 1. The number of nitrogens with zero attached hydrogens (tertiary/aromatic N) is 2. The monoisotopic (exact) mass is 466 g/mol. The summed E-state index contributed by atoms with van der Waals surface area (Å²) in [5.74, 6) is 1.50. The molecule has 0 spiro atoms. The normalized spacial score (nSPS) is 22.0. The minimum Gasteiger partial charge on any atom is -0.385 e. The average Bonchev–Trinajstić information content (AvgIpc) is 3.08. The third-order valence-corrected chi connectivity index (χ3v) is 5.36. The third kappa shape index (κ3) is 6.50. The van der Waals surface area contributed by atoms with E-state index in [1.54, 1.807) is 7.11 Å². The predicted molar refractivity (Wildman–Crippen MR) is 114 cm³/mol. The largest absolute Gasteiger partial charge is 0.385 e. The number of piperidine rings is 1. The first-order valence-corrected chi connectivity index (χ1v) is 9.31. The summed E-state index contributed by atoms with van der Waals surface area (Å²) >= 11 is 1.87. The third-order valence-electron chi connectivity index (χ3n) is 4.41. The van der Waals surface area contributed by atoms with Crippen LogP contribution in [0.3, 0.4) is 0 Å². The lowest BCUT2D eigenvalue weighted by Crippen LogP contribution is -2.45. The maximum Gasteiger partial charge on any atom is 0.190 e.